The van der Waals surface area contributed by atoms with Crippen molar-refractivity contribution in [3.8, 4) is 6.07 Å². The summed E-state index contributed by atoms with van der Waals surface area (Å²) < 4.78 is 5.13. The molecule has 2 N–H and O–H groups in total. The zero-order valence-corrected chi connectivity index (χ0v) is 10.7. The van der Waals surface area contributed by atoms with Gasteiger partial charge in [0, 0.05) is 5.69 Å². The Morgan fingerprint density at radius 1 is 1.44 bits per heavy atom. The van der Waals surface area contributed by atoms with Crippen LogP contribution in [-0.4, -0.2) is 11.6 Å². The first-order valence-corrected chi connectivity index (χ1v) is 5.52. The van der Waals surface area contributed by atoms with Crippen LogP contribution in [0, 0.1) is 11.3 Å². The molecule has 0 atom stereocenters. The van der Waals surface area contributed by atoms with E-state index in [4.69, 9.17) is 15.7 Å². The Morgan fingerprint density at radius 2 is 2.11 bits per heavy atom. The summed E-state index contributed by atoms with van der Waals surface area (Å²) in [7, 11) is 0. The predicted octanol–water partition coefficient (Wildman–Crippen LogP) is 2.52. The van der Waals surface area contributed by atoms with Gasteiger partial charge in [-0.2, -0.15) is 5.26 Å². The number of nitrogens with zero attached hydrogens (tertiary/aromatic N) is 1. The van der Waals surface area contributed by atoms with Crippen molar-refractivity contribution in [2.45, 2.75) is 26.4 Å². The van der Waals surface area contributed by atoms with Gasteiger partial charge >= 0.3 is 5.97 Å². The molecule has 18 heavy (non-hydrogen) atoms. The molecule has 0 saturated carbocycles. The summed E-state index contributed by atoms with van der Waals surface area (Å²) in [5.74, 6) is -0.632. The van der Waals surface area contributed by atoms with Crippen molar-refractivity contribution in [1.29, 1.82) is 5.26 Å². The molecule has 0 aliphatic heterocycles. The van der Waals surface area contributed by atoms with Crippen LogP contribution in [0.1, 0.15) is 26.3 Å². The number of carbonyl (C=O) groups excluding carboxylic acids is 1. The molecular formula is C14H16N2O2. The van der Waals surface area contributed by atoms with E-state index in [-0.39, 0.29) is 5.57 Å². The highest BCUT2D eigenvalue weighted by Gasteiger charge is 2.19. The number of hydrogen-bond acceptors (Lipinski definition) is 4. The van der Waals surface area contributed by atoms with Crippen LogP contribution in [0.2, 0.25) is 0 Å². The number of anilines is 1. The summed E-state index contributed by atoms with van der Waals surface area (Å²) >= 11 is 0. The standard InChI is InChI=1S/C14H16N2O2/c1-14(2,3)18-13(17)11(9-15)7-10-5-4-6-12(16)8-10/h4-8H,16H2,1-3H3. The minimum atomic E-state index is -0.632. The van der Waals surface area contributed by atoms with E-state index in [2.05, 4.69) is 0 Å². The van der Waals surface area contributed by atoms with Gasteiger partial charge in [-0.15, -0.1) is 0 Å². The van der Waals surface area contributed by atoms with E-state index in [1.54, 1.807) is 45.0 Å². The molecule has 0 spiro atoms. The second-order valence-corrected chi connectivity index (χ2v) is 4.84. The molecule has 0 saturated heterocycles. The SMILES string of the molecule is CC(C)(C)OC(=O)C(C#N)=Cc1cccc(N)c1. The lowest BCUT2D eigenvalue weighted by Gasteiger charge is -2.18. The molecule has 0 fully saturated rings. The highest BCUT2D eigenvalue weighted by molar-refractivity contribution is 5.98. The van der Waals surface area contributed by atoms with Crippen molar-refractivity contribution in [2.24, 2.45) is 0 Å². The van der Waals surface area contributed by atoms with Gasteiger partial charge in [-0.1, -0.05) is 12.1 Å². The van der Waals surface area contributed by atoms with E-state index in [0.29, 0.717) is 11.3 Å². The number of nitrogens with two attached hydrogens (primary N) is 1. The lowest BCUT2D eigenvalue weighted by atomic mass is 10.1. The molecule has 1 rings (SSSR count). The Morgan fingerprint density at radius 3 is 2.61 bits per heavy atom. The van der Waals surface area contributed by atoms with Crippen molar-refractivity contribution in [2.75, 3.05) is 5.73 Å². The fraction of sp³-hybridized carbons (Fsp3) is 0.286. The zero-order chi connectivity index (χ0) is 13.8. The maximum Gasteiger partial charge on any atom is 0.349 e. The molecule has 0 unspecified atom stereocenters. The van der Waals surface area contributed by atoms with Crippen molar-refractivity contribution in [1.82, 2.24) is 0 Å². The van der Waals surface area contributed by atoms with Crippen LogP contribution in [0.3, 0.4) is 0 Å². The fourth-order valence-electron chi connectivity index (χ4n) is 1.29. The Hall–Kier alpha value is -2.28. The molecule has 0 radical (unpaired) electrons. The molecule has 0 aliphatic carbocycles. The molecule has 4 heteroatoms. The van der Waals surface area contributed by atoms with E-state index >= 15 is 0 Å². The van der Waals surface area contributed by atoms with Crippen molar-refractivity contribution in [3.05, 3.63) is 35.4 Å². The highest BCUT2D eigenvalue weighted by atomic mass is 16.6. The van der Waals surface area contributed by atoms with Gasteiger partial charge < -0.3 is 10.5 Å². The normalized spacial score (nSPS) is 11.8. The number of esters is 1. The second kappa shape index (κ2) is 5.37. The summed E-state index contributed by atoms with van der Waals surface area (Å²) in [5, 5.41) is 8.97. The van der Waals surface area contributed by atoms with Gasteiger partial charge in [0.2, 0.25) is 0 Å². The molecule has 0 aliphatic rings. The lowest BCUT2D eigenvalue weighted by molar-refractivity contribution is -0.149. The Balaban J connectivity index is 2.97. The van der Waals surface area contributed by atoms with Crippen LogP contribution >= 0.6 is 0 Å². The molecule has 4 nitrogen and oxygen atoms in total. The summed E-state index contributed by atoms with van der Waals surface area (Å²) in [6, 6.07) is 8.77. The number of benzene rings is 1. The van der Waals surface area contributed by atoms with Crippen LogP contribution in [0.5, 0.6) is 0 Å². The average molecular weight is 244 g/mol. The quantitative estimate of drug-likeness (QED) is 0.375. The first kappa shape index (κ1) is 13.8. The third-order valence-corrected chi connectivity index (χ3v) is 1.96. The van der Waals surface area contributed by atoms with Gasteiger partial charge in [-0.25, -0.2) is 4.79 Å². The Labute approximate surface area is 107 Å². The summed E-state index contributed by atoms with van der Waals surface area (Å²) in [6.45, 7) is 5.25. The first-order valence-electron chi connectivity index (χ1n) is 5.52. The third kappa shape index (κ3) is 4.30. The molecule has 0 bridgehead atoms. The average Bonchev–Trinajstić information content (AvgIpc) is 2.23. The summed E-state index contributed by atoms with van der Waals surface area (Å²) in [6.07, 6.45) is 1.46. The van der Waals surface area contributed by atoms with E-state index in [1.807, 2.05) is 6.07 Å². The predicted molar refractivity (Wildman–Crippen MR) is 70.3 cm³/mol. The van der Waals surface area contributed by atoms with Crippen LogP contribution in [0.25, 0.3) is 6.08 Å². The van der Waals surface area contributed by atoms with E-state index in [9.17, 15) is 4.79 Å². The molecule has 1 aromatic carbocycles. The second-order valence-electron chi connectivity index (χ2n) is 4.84. The molecule has 1 aromatic rings. The molecular weight excluding hydrogens is 228 g/mol. The Kier molecular flexibility index (Phi) is 4.11. The summed E-state index contributed by atoms with van der Waals surface area (Å²) in [4.78, 5) is 11.7. The number of nitriles is 1. The van der Waals surface area contributed by atoms with Gasteiger partial charge in [0.25, 0.3) is 0 Å². The summed E-state index contributed by atoms with van der Waals surface area (Å²) in [5.41, 5.74) is 6.22. The van der Waals surface area contributed by atoms with E-state index < -0.39 is 11.6 Å². The molecule has 94 valence electrons. The topological polar surface area (TPSA) is 76.1 Å². The van der Waals surface area contributed by atoms with Crippen molar-refractivity contribution >= 4 is 17.7 Å². The van der Waals surface area contributed by atoms with E-state index in [1.165, 1.54) is 6.08 Å². The maximum atomic E-state index is 11.7. The third-order valence-electron chi connectivity index (χ3n) is 1.96. The number of carbonyl (C=O) groups is 1. The molecule has 0 heterocycles. The van der Waals surface area contributed by atoms with Crippen LogP contribution in [-0.2, 0) is 9.53 Å². The van der Waals surface area contributed by atoms with Crippen LogP contribution in [0.4, 0.5) is 5.69 Å². The minimum absolute atomic E-state index is 0.0458. The van der Waals surface area contributed by atoms with Crippen LogP contribution < -0.4 is 5.73 Å². The number of rotatable bonds is 2. The molecule has 0 aromatic heterocycles. The van der Waals surface area contributed by atoms with Gasteiger partial charge in [0.05, 0.1) is 0 Å². The number of nitrogen functional groups attached to an aromatic ring is 1. The van der Waals surface area contributed by atoms with Crippen LogP contribution in [0.15, 0.2) is 29.8 Å². The minimum Gasteiger partial charge on any atom is -0.456 e. The fourth-order valence-corrected chi connectivity index (χ4v) is 1.29. The highest BCUT2D eigenvalue weighted by Crippen LogP contribution is 2.15. The molecule has 0 amide bonds. The smallest absolute Gasteiger partial charge is 0.349 e. The largest absolute Gasteiger partial charge is 0.456 e. The Bertz CT molecular complexity index is 519. The van der Waals surface area contributed by atoms with Gasteiger partial charge in [-0.3, -0.25) is 0 Å². The lowest BCUT2D eigenvalue weighted by Crippen LogP contribution is -2.24. The van der Waals surface area contributed by atoms with Gasteiger partial charge in [-0.05, 0) is 44.5 Å². The maximum absolute atomic E-state index is 11.7. The van der Waals surface area contributed by atoms with Gasteiger partial charge in [0.1, 0.15) is 17.2 Å². The number of ether oxygens (including phenoxy) is 1. The zero-order valence-electron chi connectivity index (χ0n) is 10.7. The monoisotopic (exact) mass is 244 g/mol. The first-order chi connectivity index (χ1) is 8.31. The number of hydrogen-bond donors (Lipinski definition) is 1. The van der Waals surface area contributed by atoms with Crippen molar-refractivity contribution in [3.63, 3.8) is 0 Å². The van der Waals surface area contributed by atoms with Gasteiger partial charge in [0.15, 0.2) is 0 Å². The van der Waals surface area contributed by atoms with E-state index in [0.717, 1.165) is 0 Å². The van der Waals surface area contributed by atoms with Crippen molar-refractivity contribution < 1.29 is 9.53 Å².